The lowest BCUT2D eigenvalue weighted by molar-refractivity contribution is -0.121. The summed E-state index contributed by atoms with van der Waals surface area (Å²) in [6.07, 6.45) is 1.17. The van der Waals surface area contributed by atoms with E-state index >= 15 is 0 Å². The molecule has 4 rings (SSSR count). The van der Waals surface area contributed by atoms with E-state index in [1.807, 2.05) is 26.8 Å². The Bertz CT molecular complexity index is 1090. The van der Waals surface area contributed by atoms with Gasteiger partial charge in [0, 0.05) is 30.8 Å². The molecule has 0 bridgehead atoms. The average Bonchev–Trinajstić information content (AvgIpc) is 3.32. The van der Waals surface area contributed by atoms with Crippen molar-refractivity contribution >= 4 is 28.7 Å². The first kappa shape index (κ1) is 20.1. The molecule has 1 aliphatic heterocycles. The number of fused-ring (bicyclic) bond motifs is 1. The van der Waals surface area contributed by atoms with Gasteiger partial charge >= 0.3 is 0 Å². The molecule has 0 unspecified atom stereocenters. The molecule has 3 aromatic rings. The van der Waals surface area contributed by atoms with Crippen LogP contribution in [0.5, 0.6) is 0 Å². The highest BCUT2D eigenvalue weighted by atomic mass is 16.5. The highest BCUT2D eigenvalue weighted by Crippen LogP contribution is 2.28. The van der Waals surface area contributed by atoms with Gasteiger partial charge in [0.25, 0.3) is 11.6 Å². The summed E-state index contributed by atoms with van der Waals surface area (Å²) in [5, 5.41) is 11.2. The summed E-state index contributed by atoms with van der Waals surface area (Å²) in [7, 11) is 0. The first-order valence-electron chi connectivity index (χ1n) is 10.1. The summed E-state index contributed by atoms with van der Waals surface area (Å²) in [4.78, 5) is 32.1. The van der Waals surface area contributed by atoms with Crippen LogP contribution in [0.4, 0.5) is 5.82 Å². The van der Waals surface area contributed by atoms with E-state index in [0.717, 1.165) is 5.69 Å². The van der Waals surface area contributed by atoms with E-state index in [1.165, 1.54) is 0 Å². The fourth-order valence-corrected chi connectivity index (χ4v) is 3.75. The molecule has 0 aliphatic carbocycles. The predicted octanol–water partition coefficient (Wildman–Crippen LogP) is 3.44. The van der Waals surface area contributed by atoms with E-state index in [4.69, 9.17) is 9.05 Å². The van der Waals surface area contributed by atoms with Gasteiger partial charge < -0.3 is 19.3 Å². The first-order chi connectivity index (χ1) is 14.3. The number of nitrogens with one attached hydrogen (secondary N) is 1. The number of pyridine rings is 1. The summed E-state index contributed by atoms with van der Waals surface area (Å²) in [5.41, 5.74) is 2.38. The standard InChI is InChI=1S/C21H25N5O4/c1-11(2)16-10-15(18-13(4)24-30-20(18)22-16)21(28)26-7-5-14(6-8-26)19(27)23-17-9-12(3)29-25-17/h9-11,14H,5-8H2,1-4H3,(H,23,25,27). The van der Waals surface area contributed by atoms with Gasteiger partial charge in [-0.1, -0.05) is 24.2 Å². The van der Waals surface area contributed by atoms with Crippen LogP contribution in [0.1, 0.15) is 60.1 Å². The molecule has 0 aromatic carbocycles. The molecule has 0 saturated carbocycles. The molecule has 9 nitrogen and oxygen atoms in total. The van der Waals surface area contributed by atoms with E-state index in [1.54, 1.807) is 17.9 Å². The molecule has 0 spiro atoms. The van der Waals surface area contributed by atoms with Crippen molar-refractivity contribution in [2.75, 3.05) is 18.4 Å². The SMILES string of the molecule is Cc1cc(NC(=O)C2CCN(C(=O)c3cc(C(C)C)nc4onc(C)c34)CC2)no1. The molecule has 1 aliphatic rings. The molecule has 1 saturated heterocycles. The number of carbonyl (C=O) groups excluding carboxylic acids is 2. The quantitative estimate of drug-likeness (QED) is 0.699. The molecule has 3 aromatic heterocycles. The summed E-state index contributed by atoms with van der Waals surface area (Å²) < 4.78 is 10.3. The van der Waals surface area contributed by atoms with Crippen molar-refractivity contribution < 1.29 is 18.6 Å². The fourth-order valence-electron chi connectivity index (χ4n) is 3.75. The topological polar surface area (TPSA) is 114 Å². The maximum Gasteiger partial charge on any atom is 0.259 e. The minimum atomic E-state index is -0.174. The van der Waals surface area contributed by atoms with Crippen molar-refractivity contribution in [1.82, 2.24) is 20.2 Å². The Kier molecular flexibility index (Phi) is 5.27. The van der Waals surface area contributed by atoms with Gasteiger partial charge in [-0.15, -0.1) is 0 Å². The van der Waals surface area contributed by atoms with Gasteiger partial charge in [0.1, 0.15) is 5.76 Å². The minimum absolute atomic E-state index is 0.0819. The van der Waals surface area contributed by atoms with Crippen molar-refractivity contribution in [2.24, 2.45) is 5.92 Å². The van der Waals surface area contributed by atoms with Gasteiger partial charge in [0.2, 0.25) is 5.91 Å². The Labute approximate surface area is 173 Å². The van der Waals surface area contributed by atoms with Crippen molar-refractivity contribution in [3.63, 3.8) is 0 Å². The molecular formula is C21H25N5O4. The largest absolute Gasteiger partial charge is 0.360 e. The van der Waals surface area contributed by atoms with E-state index in [2.05, 4.69) is 20.6 Å². The van der Waals surface area contributed by atoms with Crippen LogP contribution in [0.25, 0.3) is 11.1 Å². The molecular weight excluding hydrogens is 386 g/mol. The Balaban J connectivity index is 1.48. The van der Waals surface area contributed by atoms with Gasteiger partial charge in [0.05, 0.1) is 16.6 Å². The number of amides is 2. The molecule has 0 radical (unpaired) electrons. The van der Waals surface area contributed by atoms with Crippen LogP contribution in [-0.4, -0.2) is 45.1 Å². The number of hydrogen-bond acceptors (Lipinski definition) is 7. The molecule has 4 heterocycles. The zero-order valence-electron chi connectivity index (χ0n) is 17.6. The second-order valence-electron chi connectivity index (χ2n) is 8.08. The van der Waals surface area contributed by atoms with Gasteiger partial charge in [-0.3, -0.25) is 9.59 Å². The fraction of sp³-hybridized carbons (Fsp3) is 0.476. The summed E-state index contributed by atoms with van der Waals surface area (Å²) in [6, 6.07) is 3.52. The van der Waals surface area contributed by atoms with E-state index in [-0.39, 0.29) is 23.7 Å². The zero-order chi connectivity index (χ0) is 21.4. The van der Waals surface area contributed by atoms with Crippen molar-refractivity contribution in [3.8, 4) is 0 Å². The predicted molar refractivity (Wildman–Crippen MR) is 109 cm³/mol. The first-order valence-corrected chi connectivity index (χ1v) is 10.1. The van der Waals surface area contributed by atoms with Crippen LogP contribution in [0.3, 0.4) is 0 Å². The van der Waals surface area contributed by atoms with Crippen LogP contribution >= 0.6 is 0 Å². The molecule has 1 fully saturated rings. The monoisotopic (exact) mass is 411 g/mol. The van der Waals surface area contributed by atoms with Crippen LogP contribution < -0.4 is 5.32 Å². The highest BCUT2D eigenvalue weighted by molar-refractivity contribution is 6.06. The second kappa shape index (κ2) is 7.89. The highest BCUT2D eigenvalue weighted by Gasteiger charge is 2.30. The lowest BCUT2D eigenvalue weighted by Crippen LogP contribution is -2.41. The third kappa shape index (κ3) is 3.79. The van der Waals surface area contributed by atoms with Crippen molar-refractivity contribution in [3.05, 3.63) is 34.8 Å². The van der Waals surface area contributed by atoms with Gasteiger partial charge in [-0.25, -0.2) is 4.98 Å². The number of aryl methyl sites for hydroxylation is 2. The molecule has 9 heteroatoms. The zero-order valence-corrected chi connectivity index (χ0v) is 17.6. The molecule has 30 heavy (non-hydrogen) atoms. The second-order valence-corrected chi connectivity index (χ2v) is 8.08. The third-order valence-corrected chi connectivity index (χ3v) is 5.49. The summed E-state index contributed by atoms with van der Waals surface area (Å²) >= 11 is 0. The van der Waals surface area contributed by atoms with Gasteiger partial charge in [0.15, 0.2) is 5.82 Å². The smallest absolute Gasteiger partial charge is 0.259 e. The Morgan fingerprint density at radius 1 is 1.13 bits per heavy atom. The normalized spacial score (nSPS) is 15.2. The number of nitrogens with zero attached hydrogens (tertiary/aromatic N) is 4. The average molecular weight is 411 g/mol. The number of carbonyl (C=O) groups is 2. The molecule has 1 N–H and O–H groups in total. The minimum Gasteiger partial charge on any atom is -0.360 e. The number of piperidine rings is 1. The summed E-state index contributed by atoms with van der Waals surface area (Å²) in [5.74, 6) is 0.854. The number of rotatable bonds is 4. The Morgan fingerprint density at radius 2 is 1.87 bits per heavy atom. The Hall–Kier alpha value is -3.23. The van der Waals surface area contributed by atoms with Gasteiger partial charge in [-0.05, 0) is 38.7 Å². The van der Waals surface area contributed by atoms with Crippen LogP contribution in [-0.2, 0) is 4.79 Å². The Morgan fingerprint density at radius 3 is 2.50 bits per heavy atom. The summed E-state index contributed by atoms with van der Waals surface area (Å²) in [6.45, 7) is 8.62. The molecule has 158 valence electrons. The maximum atomic E-state index is 13.3. The maximum absolute atomic E-state index is 13.3. The molecule has 0 atom stereocenters. The number of hydrogen-bond donors (Lipinski definition) is 1. The van der Waals surface area contributed by atoms with E-state index in [0.29, 0.717) is 59.9 Å². The lowest BCUT2D eigenvalue weighted by Gasteiger charge is -2.31. The van der Waals surface area contributed by atoms with E-state index < -0.39 is 0 Å². The number of anilines is 1. The van der Waals surface area contributed by atoms with E-state index in [9.17, 15) is 9.59 Å². The van der Waals surface area contributed by atoms with Crippen molar-refractivity contribution in [1.29, 1.82) is 0 Å². The van der Waals surface area contributed by atoms with Crippen LogP contribution in [0.15, 0.2) is 21.2 Å². The van der Waals surface area contributed by atoms with Crippen molar-refractivity contribution in [2.45, 2.75) is 46.5 Å². The lowest BCUT2D eigenvalue weighted by atomic mass is 9.95. The van der Waals surface area contributed by atoms with Gasteiger partial charge in [-0.2, -0.15) is 0 Å². The molecule has 2 amide bonds. The number of aromatic nitrogens is 3. The number of likely N-dealkylation sites (tertiary alicyclic amines) is 1. The van der Waals surface area contributed by atoms with Crippen LogP contribution in [0, 0.1) is 19.8 Å². The third-order valence-electron chi connectivity index (χ3n) is 5.49. The van der Waals surface area contributed by atoms with Crippen LogP contribution in [0.2, 0.25) is 0 Å².